The number of anilines is 1. The SMILES string of the molecule is COCCC(C)Oc1cc(N)ccc1Cl. The molecule has 0 heterocycles. The number of hydrogen-bond donors (Lipinski definition) is 1. The maximum atomic E-state index is 5.96. The smallest absolute Gasteiger partial charge is 0.140 e. The van der Waals surface area contributed by atoms with E-state index in [1.165, 1.54) is 0 Å². The molecular weight excluding hydrogens is 214 g/mol. The van der Waals surface area contributed by atoms with E-state index in [2.05, 4.69) is 0 Å². The molecule has 0 aliphatic carbocycles. The van der Waals surface area contributed by atoms with E-state index >= 15 is 0 Å². The van der Waals surface area contributed by atoms with Crippen LogP contribution in [0.15, 0.2) is 18.2 Å². The minimum Gasteiger partial charge on any atom is -0.489 e. The Kier molecular flexibility index (Phi) is 4.72. The molecule has 0 radical (unpaired) electrons. The summed E-state index contributed by atoms with van der Waals surface area (Å²) in [6, 6.07) is 5.20. The Morgan fingerprint density at radius 1 is 1.47 bits per heavy atom. The van der Waals surface area contributed by atoms with Gasteiger partial charge in [0.2, 0.25) is 0 Å². The molecule has 0 aliphatic heterocycles. The number of rotatable bonds is 5. The molecule has 2 N–H and O–H groups in total. The fraction of sp³-hybridized carbons (Fsp3) is 0.455. The van der Waals surface area contributed by atoms with Crippen LogP contribution in [-0.4, -0.2) is 19.8 Å². The molecule has 0 amide bonds. The Morgan fingerprint density at radius 3 is 2.87 bits per heavy atom. The van der Waals surface area contributed by atoms with Gasteiger partial charge in [-0.25, -0.2) is 0 Å². The van der Waals surface area contributed by atoms with Gasteiger partial charge in [0.15, 0.2) is 0 Å². The third kappa shape index (κ3) is 3.98. The van der Waals surface area contributed by atoms with Crippen LogP contribution >= 0.6 is 11.6 Å². The molecule has 15 heavy (non-hydrogen) atoms. The van der Waals surface area contributed by atoms with Gasteiger partial charge >= 0.3 is 0 Å². The Bertz CT molecular complexity index is 317. The van der Waals surface area contributed by atoms with Gasteiger partial charge in [-0.15, -0.1) is 0 Å². The summed E-state index contributed by atoms with van der Waals surface area (Å²) < 4.78 is 10.6. The molecule has 1 rings (SSSR count). The second-order valence-electron chi connectivity index (χ2n) is 3.40. The molecule has 1 atom stereocenters. The van der Waals surface area contributed by atoms with Crippen LogP contribution in [0.4, 0.5) is 5.69 Å². The standard InChI is InChI=1S/C11H16ClNO2/c1-8(5-6-14-2)15-11-7-9(13)3-4-10(11)12/h3-4,7-8H,5-6,13H2,1-2H3. The van der Waals surface area contributed by atoms with Crippen LogP contribution in [0.5, 0.6) is 5.75 Å². The van der Waals surface area contributed by atoms with Gasteiger partial charge in [-0.2, -0.15) is 0 Å². The van der Waals surface area contributed by atoms with Gasteiger partial charge in [-0.3, -0.25) is 0 Å². The molecule has 4 heteroatoms. The van der Waals surface area contributed by atoms with Crippen molar-refractivity contribution in [1.82, 2.24) is 0 Å². The minimum absolute atomic E-state index is 0.0595. The van der Waals surface area contributed by atoms with Crippen molar-refractivity contribution >= 4 is 17.3 Å². The number of hydrogen-bond acceptors (Lipinski definition) is 3. The third-order valence-corrected chi connectivity index (χ3v) is 2.32. The highest BCUT2D eigenvalue weighted by atomic mass is 35.5. The summed E-state index contributed by atoms with van der Waals surface area (Å²) in [6.07, 6.45) is 0.881. The molecule has 1 aromatic carbocycles. The normalized spacial score (nSPS) is 12.5. The molecule has 1 aromatic rings. The van der Waals surface area contributed by atoms with Gasteiger partial charge in [0.05, 0.1) is 11.1 Å². The van der Waals surface area contributed by atoms with Crippen LogP contribution in [0.2, 0.25) is 5.02 Å². The van der Waals surface area contributed by atoms with Gasteiger partial charge in [0, 0.05) is 31.9 Å². The summed E-state index contributed by atoms with van der Waals surface area (Å²) in [4.78, 5) is 0. The predicted molar refractivity (Wildman–Crippen MR) is 62.4 cm³/mol. The summed E-state index contributed by atoms with van der Waals surface area (Å²) in [6.45, 7) is 2.64. The molecule has 0 fully saturated rings. The van der Waals surface area contributed by atoms with E-state index in [0.717, 1.165) is 6.42 Å². The number of ether oxygens (including phenoxy) is 2. The first-order valence-electron chi connectivity index (χ1n) is 4.84. The Hall–Kier alpha value is -0.930. The Labute approximate surface area is 95.1 Å². The molecule has 0 aromatic heterocycles. The van der Waals surface area contributed by atoms with Crippen molar-refractivity contribution < 1.29 is 9.47 Å². The minimum atomic E-state index is 0.0595. The average molecular weight is 230 g/mol. The third-order valence-electron chi connectivity index (χ3n) is 2.01. The average Bonchev–Trinajstić information content (AvgIpc) is 2.20. The van der Waals surface area contributed by atoms with Crippen LogP contribution in [0, 0.1) is 0 Å². The lowest BCUT2D eigenvalue weighted by molar-refractivity contribution is 0.135. The highest BCUT2D eigenvalue weighted by Gasteiger charge is 2.07. The topological polar surface area (TPSA) is 44.5 Å². The summed E-state index contributed by atoms with van der Waals surface area (Å²) in [5.41, 5.74) is 6.29. The number of methoxy groups -OCH3 is 1. The zero-order chi connectivity index (χ0) is 11.3. The Balaban J connectivity index is 2.59. The highest BCUT2D eigenvalue weighted by molar-refractivity contribution is 6.32. The zero-order valence-corrected chi connectivity index (χ0v) is 9.75. The first-order valence-corrected chi connectivity index (χ1v) is 5.22. The second-order valence-corrected chi connectivity index (χ2v) is 3.81. The molecule has 0 aliphatic rings. The van der Waals surface area contributed by atoms with Gasteiger partial charge < -0.3 is 15.2 Å². The number of nitrogen functional groups attached to an aromatic ring is 1. The number of nitrogens with two attached hydrogens (primary N) is 1. The van der Waals surface area contributed by atoms with E-state index < -0.39 is 0 Å². The van der Waals surface area contributed by atoms with Crippen molar-refractivity contribution in [2.24, 2.45) is 0 Å². The van der Waals surface area contributed by atoms with Crippen molar-refractivity contribution in [2.45, 2.75) is 19.4 Å². The van der Waals surface area contributed by atoms with Crippen LogP contribution < -0.4 is 10.5 Å². The van der Waals surface area contributed by atoms with Crippen molar-refractivity contribution in [1.29, 1.82) is 0 Å². The van der Waals surface area contributed by atoms with E-state index in [0.29, 0.717) is 23.1 Å². The molecule has 0 spiro atoms. The fourth-order valence-corrected chi connectivity index (χ4v) is 1.33. The monoisotopic (exact) mass is 229 g/mol. The maximum absolute atomic E-state index is 5.96. The molecule has 84 valence electrons. The summed E-state index contributed by atoms with van der Waals surface area (Å²) >= 11 is 5.96. The van der Waals surface area contributed by atoms with E-state index in [1.54, 1.807) is 25.3 Å². The molecule has 0 saturated heterocycles. The van der Waals surface area contributed by atoms with Crippen LogP contribution in [0.1, 0.15) is 13.3 Å². The van der Waals surface area contributed by atoms with E-state index in [4.69, 9.17) is 26.8 Å². The zero-order valence-electron chi connectivity index (χ0n) is 9.00. The quantitative estimate of drug-likeness (QED) is 0.790. The van der Waals surface area contributed by atoms with Gasteiger partial charge in [0.25, 0.3) is 0 Å². The summed E-state index contributed by atoms with van der Waals surface area (Å²) in [7, 11) is 1.67. The molecule has 0 saturated carbocycles. The lowest BCUT2D eigenvalue weighted by atomic mass is 10.2. The molecule has 0 bridgehead atoms. The van der Waals surface area contributed by atoms with Crippen molar-refractivity contribution in [3.05, 3.63) is 23.2 Å². The van der Waals surface area contributed by atoms with Crippen LogP contribution in [0.25, 0.3) is 0 Å². The van der Waals surface area contributed by atoms with Crippen molar-refractivity contribution in [3.8, 4) is 5.75 Å². The molecule has 3 nitrogen and oxygen atoms in total. The first-order chi connectivity index (χ1) is 7.13. The maximum Gasteiger partial charge on any atom is 0.140 e. The highest BCUT2D eigenvalue weighted by Crippen LogP contribution is 2.27. The molecular formula is C11H16ClNO2. The van der Waals surface area contributed by atoms with Gasteiger partial charge in [0.1, 0.15) is 5.75 Å². The fourth-order valence-electron chi connectivity index (χ4n) is 1.17. The van der Waals surface area contributed by atoms with Gasteiger partial charge in [-0.05, 0) is 19.1 Å². The molecule has 1 unspecified atom stereocenters. The lowest BCUT2D eigenvalue weighted by Crippen LogP contribution is -2.14. The predicted octanol–water partition coefficient (Wildman–Crippen LogP) is 2.73. The lowest BCUT2D eigenvalue weighted by Gasteiger charge is -2.15. The number of benzene rings is 1. The van der Waals surface area contributed by atoms with Crippen molar-refractivity contribution in [2.75, 3.05) is 19.5 Å². The van der Waals surface area contributed by atoms with Gasteiger partial charge in [-0.1, -0.05) is 11.6 Å². The van der Waals surface area contributed by atoms with Crippen LogP contribution in [-0.2, 0) is 4.74 Å². The summed E-state index contributed by atoms with van der Waals surface area (Å²) in [5.74, 6) is 0.625. The van der Waals surface area contributed by atoms with Crippen LogP contribution in [0.3, 0.4) is 0 Å². The Morgan fingerprint density at radius 2 is 2.20 bits per heavy atom. The van der Waals surface area contributed by atoms with E-state index in [9.17, 15) is 0 Å². The van der Waals surface area contributed by atoms with Crippen molar-refractivity contribution in [3.63, 3.8) is 0 Å². The van der Waals surface area contributed by atoms with E-state index in [-0.39, 0.29) is 6.10 Å². The number of halogens is 1. The largest absolute Gasteiger partial charge is 0.489 e. The second kappa shape index (κ2) is 5.83. The summed E-state index contributed by atoms with van der Waals surface area (Å²) in [5, 5.41) is 0.577. The first kappa shape index (κ1) is 12.1. The van der Waals surface area contributed by atoms with E-state index in [1.807, 2.05) is 6.92 Å².